The fraction of sp³-hybridized carbons (Fsp3) is 0.438. The number of carbonyl (C=O) groups excluding carboxylic acids is 2. The largest absolute Gasteiger partial charge is 0.389 e. The monoisotopic (exact) mass is 525 g/mol. The second-order valence-electron chi connectivity index (χ2n) is 12.4. The van der Waals surface area contributed by atoms with Crippen LogP contribution in [0, 0.1) is 23.7 Å². The lowest BCUT2D eigenvalue weighted by Gasteiger charge is -2.51. The molecule has 0 radical (unpaired) electrons. The highest BCUT2D eigenvalue weighted by Crippen LogP contribution is 2.67. The van der Waals surface area contributed by atoms with E-state index in [1.54, 1.807) is 6.07 Å². The van der Waals surface area contributed by atoms with E-state index in [4.69, 9.17) is 4.74 Å². The van der Waals surface area contributed by atoms with Crippen LogP contribution in [0.5, 0.6) is 0 Å². The van der Waals surface area contributed by atoms with Crippen LogP contribution in [0.3, 0.4) is 0 Å². The normalized spacial score (nSPS) is 39.2. The predicted molar refractivity (Wildman–Crippen MR) is 148 cm³/mol. The van der Waals surface area contributed by atoms with Gasteiger partial charge in [0.15, 0.2) is 0 Å². The molecule has 1 aromatic carbocycles. The maximum atomic E-state index is 14.5. The summed E-state index contributed by atoms with van der Waals surface area (Å²) in [6.07, 6.45) is 8.32. The fourth-order valence-corrected chi connectivity index (χ4v) is 8.35. The molecule has 39 heavy (non-hydrogen) atoms. The van der Waals surface area contributed by atoms with E-state index in [9.17, 15) is 14.7 Å². The Morgan fingerprint density at radius 3 is 2.74 bits per heavy atom. The number of H-pyrrole nitrogens is 2. The van der Waals surface area contributed by atoms with Crippen molar-refractivity contribution in [2.24, 2.45) is 23.7 Å². The number of benzene rings is 1. The lowest BCUT2D eigenvalue weighted by molar-refractivity contribution is -0.185. The summed E-state index contributed by atoms with van der Waals surface area (Å²) in [5.74, 6) is -1.07. The van der Waals surface area contributed by atoms with E-state index in [1.165, 1.54) is 0 Å². The smallest absolute Gasteiger partial charge is 0.235 e. The van der Waals surface area contributed by atoms with E-state index in [1.807, 2.05) is 56.5 Å². The first-order valence-electron chi connectivity index (χ1n) is 14.0. The third-order valence-corrected chi connectivity index (χ3v) is 10.2. The summed E-state index contributed by atoms with van der Waals surface area (Å²) in [4.78, 5) is 34.5. The molecule has 202 valence electrons. The number of ketones is 1. The van der Waals surface area contributed by atoms with Gasteiger partial charge in [0.2, 0.25) is 11.7 Å². The number of nitrogens with one attached hydrogen (secondary N) is 3. The number of aliphatic hydroxyl groups is 1. The minimum atomic E-state index is -1.13. The molecule has 3 fully saturated rings. The number of ether oxygens (including phenoxy) is 1. The van der Waals surface area contributed by atoms with Gasteiger partial charge < -0.3 is 25.1 Å². The Labute approximate surface area is 227 Å². The molecule has 1 spiro atoms. The van der Waals surface area contributed by atoms with Gasteiger partial charge in [-0.05, 0) is 61.4 Å². The van der Waals surface area contributed by atoms with Crippen molar-refractivity contribution in [2.75, 3.05) is 0 Å². The van der Waals surface area contributed by atoms with Gasteiger partial charge in [-0.15, -0.1) is 0 Å². The standard InChI is InChI=1S/C32H35N3O4/c1-17-8-7-10-22-28(37)30(4)19(3)27-31(39-30,15-20-16-33-23-11-6-5-9-21(20)23)35-29(38)32(22,27)25-13-12-24(34-25)26(36)18(2)14-17/h5-7,9-14,16-17,19,22,27-28,33-34,37H,8,15H2,1-4H3,(H,35,38)/t17-,19-,22-,27-,28-,30-,31+,32+/m0/s1. The topological polar surface area (TPSA) is 107 Å². The third-order valence-electron chi connectivity index (χ3n) is 10.2. The van der Waals surface area contributed by atoms with Crippen LogP contribution in [-0.4, -0.2) is 44.2 Å². The van der Waals surface area contributed by atoms with Gasteiger partial charge in [-0.1, -0.05) is 50.3 Å². The first-order valence-corrected chi connectivity index (χ1v) is 14.0. The minimum Gasteiger partial charge on any atom is -0.389 e. The molecule has 1 saturated carbocycles. The van der Waals surface area contributed by atoms with Crippen molar-refractivity contribution >= 4 is 22.6 Å². The number of fused-ring (bicyclic) bond motifs is 4. The number of aromatic nitrogens is 2. The molecule has 3 aromatic rings. The van der Waals surface area contributed by atoms with Crippen molar-refractivity contribution in [3.05, 3.63) is 83.3 Å². The lowest BCUT2D eigenvalue weighted by atomic mass is 9.51. The number of allylic oxidation sites excluding steroid dienone is 3. The zero-order valence-corrected chi connectivity index (χ0v) is 22.7. The zero-order valence-electron chi connectivity index (χ0n) is 22.7. The number of rotatable bonds is 2. The Morgan fingerprint density at radius 2 is 1.92 bits per heavy atom. The molecule has 4 bridgehead atoms. The number of para-hydroxylation sites is 1. The van der Waals surface area contributed by atoms with Gasteiger partial charge in [0.05, 0.1) is 17.4 Å². The van der Waals surface area contributed by atoms with E-state index in [-0.39, 0.29) is 29.4 Å². The summed E-state index contributed by atoms with van der Waals surface area (Å²) < 4.78 is 6.94. The Morgan fingerprint density at radius 1 is 1.13 bits per heavy atom. The maximum Gasteiger partial charge on any atom is 0.235 e. The first kappa shape index (κ1) is 24.6. The zero-order chi connectivity index (χ0) is 27.3. The highest BCUT2D eigenvalue weighted by molar-refractivity contribution is 6.07. The molecule has 7 nitrogen and oxygen atoms in total. The fourth-order valence-electron chi connectivity index (χ4n) is 8.35. The Bertz CT molecular complexity index is 1580. The molecule has 7 rings (SSSR count). The number of hydrogen-bond donors (Lipinski definition) is 4. The number of aromatic amines is 2. The quantitative estimate of drug-likeness (QED) is 0.368. The number of amides is 1. The van der Waals surface area contributed by atoms with Crippen LogP contribution in [0.2, 0.25) is 0 Å². The van der Waals surface area contributed by atoms with Crippen LogP contribution in [0.4, 0.5) is 0 Å². The SMILES string of the molecule is CC1=C[C@@H](C)CC=C[C@H]2[C@H](O)[C@@]3(C)O[C@@]4(Cc5c[nH]c6ccccc56)NC(=O)[C@]2(c2ccc([nH]2)C1=O)[C@H]4[C@@H]3C. The van der Waals surface area contributed by atoms with Gasteiger partial charge in [0.1, 0.15) is 11.1 Å². The van der Waals surface area contributed by atoms with Crippen LogP contribution >= 0.6 is 0 Å². The molecule has 2 saturated heterocycles. The molecular weight excluding hydrogens is 490 g/mol. The maximum absolute atomic E-state index is 14.5. The average molecular weight is 526 g/mol. The molecule has 1 aliphatic carbocycles. The molecule has 4 N–H and O–H groups in total. The summed E-state index contributed by atoms with van der Waals surface area (Å²) in [5.41, 5.74) is 0.859. The van der Waals surface area contributed by atoms with E-state index in [0.717, 1.165) is 16.5 Å². The van der Waals surface area contributed by atoms with Gasteiger partial charge in [-0.25, -0.2) is 0 Å². The minimum absolute atomic E-state index is 0.0778. The summed E-state index contributed by atoms with van der Waals surface area (Å²) in [5, 5.41) is 16.5. The van der Waals surface area contributed by atoms with E-state index < -0.39 is 28.8 Å². The summed E-state index contributed by atoms with van der Waals surface area (Å²) in [6.45, 7) is 7.99. The van der Waals surface area contributed by atoms with Crippen LogP contribution in [0.1, 0.15) is 55.9 Å². The van der Waals surface area contributed by atoms with Crippen molar-refractivity contribution in [3.63, 3.8) is 0 Å². The van der Waals surface area contributed by atoms with Crippen LogP contribution in [0.15, 0.2) is 66.4 Å². The Hall–Kier alpha value is -3.42. The number of carbonyl (C=O) groups is 2. The molecule has 7 heteroatoms. The Kier molecular flexibility index (Phi) is 5.08. The summed E-state index contributed by atoms with van der Waals surface area (Å²) in [7, 11) is 0. The average Bonchev–Trinajstić information content (AvgIpc) is 3.63. The van der Waals surface area contributed by atoms with E-state index in [2.05, 4.69) is 41.3 Å². The van der Waals surface area contributed by atoms with Crippen molar-refractivity contribution in [1.82, 2.24) is 15.3 Å². The highest BCUT2D eigenvalue weighted by atomic mass is 16.6. The van der Waals surface area contributed by atoms with E-state index >= 15 is 0 Å². The van der Waals surface area contributed by atoms with Crippen LogP contribution < -0.4 is 5.32 Å². The summed E-state index contributed by atoms with van der Waals surface area (Å²) in [6, 6.07) is 11.8. The lowest BCUT2D eigenvalue weighted by Crippen LogP contribution is -2.64. The second-order valence-corrected chi connectivity index (χ2v) is 12.4. The second kappa shape index (κ2) is 8.05. The van der Waals surface area contributed by atoms with Crippen molar-refractivity contribution < 1.29 is 19.4 Å². The number of Topliss-reactive ketones (excluding diaryl/α,β-unsaturated/α-hetero) is 1. The van der Waals surface area contributed by atoms with Crippen LogP contribution in [-0.2, 0) is 21.4 Å². The molecule has 5 heterocycles. The highest BCUT2D eigenvalue weighted by Gasteiger charge is 2.80. The van der Waals surface area contributed by atoms with Gasteiger partial charge >= 0.3 is 0 Å². The molecule has 4 aliphatic rings. The third kappa shape index (κ3) is 3.06. The molecule has 1 amide bonds. The van der Waals surface area contributed by atoms with Crippen molar-refractivity contribution in [1.29, 1.82) is 0 Å². The number of hydrogen-bond acceptors (Lipinski definition) is 4. The van der Waals surface area contributed by atoms with Gasteiger partial charge in [0, 0.05) is 41.1 Å². The molecule has 2 aromatic heterocycles. The van der Waals surface area contributed by atoms with Crippen LogP contribution in [0.25, 0.3) is 10.9 Å². The first-order chi connectivity index (χ1) is 18.6. The molecular formula is C32H35N3O4. The Balaban J connectivity index is 1.45. The number of aliphatic hydroxyl groups excluding tert-OH is 1. The molecule has 8 atom stereocenters. The van der Waals surface area contributed by atoms with Gasteiger partial charge in [0.25, 0.3) is 0 Å². The van der Waals surface area contributed by atoms with E-state index in [0.29, 0.717) is 29.8 Å². The van der Waals surface area contributed by atoms with Gasteiger partial charge in [-0.3, -0.25) is 9.59 Å². The molecule has 3 aliphatic heterocycles. The molecule has 0 unspecified atom stereocenters. The van der Waals surface area contributed by atoms with Crippen molar-refractivity contribution in [3.8, 4) is 0 Å². The van der Waals surface area contributed by atoms with Gasteiger partial charge in [-0.2, -0.15) is 0 Å². The summed E-state index contributed by atoms with van der Waals surface area (Å²) >= 11 is 0. The van der Waals surface area contributed by atoms with Crippen molar-refractivity contribution in [2.45, 2.75) is 63.4 Å². The predicted octanol–water partition coefficient (Wildman–Crippen LogP) is 4.56.